The molecule has 2 N–H and O–H groups in total. The Hall–Kier alpha value is 0.690. The van der Waals surface area contributed by atoms with Crippen LogP contribution in [0.25, 0.3) is 0 Å². The second kappa shape index (κ2) is 28.9. The van der Waals surface area contributed by atoms with E-state index in [1.54, 1.807) is 0 Å². The van der Waals surface area contributed by atoms with Gasteiger partial charge in [-0.05, 0) is 25.7 Å². The van der Waals surface area contributed by atoms with E-state index in [1.165, 1.54) is 148 Å². The van der Waals surface area contributed by atoms with Crippen LogP contribution in [0.15, 0.2) is 0 Å². The number of nitrogens with two attached hydrogens (primary N) is 1. The second-order valence-electron chi connectivity index (χ2n) is 8.58. The summed E-state index contributed by atoms with van der Waals surface area (Å²) in [6.07, 6.45) is 30.6. The number of halogens is 1. The molecule has 0 atom stereocenters. The van der Waals surface area contributed by atoms with E-state index in [2.05, 4.69) is 19.2 Å². The average Bonchev–Trinajstić information content (AvgIpc) is 2.66. The Morgan fingerprint density at radius 3 is 0.815 bits per heavy atom. The molecule has 0 bridgehead atoms. The van der Waals surface area contributed by atoms with Crippen molar-refractivity contribution in [1.29, 1.82) is 0 Å². The van der Waals surface area contributed by atoms with Crippen LogP contribution in [0.1, 0.15) is 149 Å². The lowest BCUT2D eigenvalue weighted by Gasteiger charge is -2.04. The van der Waals surface area contributed by atoms with Crippen LogP contribution in [0.4, 0.5) is 0 Å². The summed E-state index contributed by atoms with van der Waals surface area (Å²) < 4.78 is 0. The van der Waals surface area contributed by atoms with E-state index < -0.39 is 0 Å². The Bertz CT molecular complexity index is 208. The molecule has 2 heteroatoms. The van der Waals surface area contributed by atoms with Gasteiger partial charge in [0.15, 0.2) is 0 Å². The maximum absolute atomic E-state index is 2.55. The molecule has 0 rings (SSSR count). The first kappa shape index (κ1) is 29.9. The van der Waals surface area contributed by atoms with Gasteiger partial charge in [0.1, 0.15) is 0 Å². The van der Waals surface area contributed by atoms with E-state index in [0.29, 0.717) is 0 Å². The first-order chi connectivity index (χ1) is 12.9. The molecule has 0 heterocycles. The van der Waals surface area contributed by atoms with Crippen molar-refractivity contribution in [3.05, 3.63) is 0 Å². The van der Waals surface area contributed by atoms with Crippen molar-refractivity contribution < 1.29 is 29.3 Å². The summed E-state index contributed by atoms with van der Waals surface area (Å²) >= 11 is 0. The molecule has 0 aliphatic heterocycles. The number of unbranched alkanes of at least 4 members (excludes halogenated alkanes) is 19. The lowest BCUT2D eigenvalue weighted by molar-refractivity contribution is -0.655. The highest BCUT2D eigenvalue weighted by Gasteiger charge is 1.96. The number of quaternary nitrogens is 1. The highest BCUT2D eigenvalue weighted by molar-refractivity contribution is 4.49. The minimum atomic E-state index is 0. The summed E-state index contributed by atoms with van der Waals surface area (Å²) in [4.78, 5) is 0. The Morgan fingerprint density at radius 2 is 0.556 bits per heavy atom. The quantitative estimate of drug-likeness (QED) is 0.155. The second-order valence-corrected chi connectivity index (χ2v) is 8.58. The molecule has 0 aliphatic rings. The first-order valence-electron chi connectivity index (χ1n) is 12.7. The van der Waals surface area contributed by atoms with Crippen LogP contribution in [0.5, 0.6) is 0 Å². The van der Waals surface area contributed by atoms with Crippen LogP contribution in [-0.4, -0.2) is 13.1 Å². The van der Waals surface area contributed by atoms with Crippen molar-refractivity contribution in [1.82, 2.24) is 0 Å². The Labute approximate surface area is 190 Å². The molecule has 0 radical (unpaired) electrons. The zero-order valence-corrected chi connectivity index (χ0v) is 21.4. The van der Waals surface area contributed by atoms with Crippen LogP contribution < -0.4 is 29.3 Å². The molecule has 0 amide bonds. The number of rotatable bonds is 23. The van der Waals surface area contributed by atoms with E-state index in [-0.39, 0.29) is 24.0 Å². The van der Waals surface area contributed by atoms with Crippen molar-refractivity contribution in [3.8, 4) is 0 Å². The molecule has 1 nitrogen and oxygen atoms in total. The molecule has 0 aromatic carbocycles. The maximum atomic E-state index is 2.55. The third kappa shape index (κ3) is 29.0. The minimum absolute atomic E-state index is 0. The first-order valence-corrected chi connectivity index (χ1v) is 12.7. The van der Waals surface area contributed by atoms with E-state index >= 15 is 0 Å². The monoisotopic (exact) mass is 495 g/mol. The van der Waals surface area contributed by atoms with Crippen LogP contribution in [0.2, 0.25) is 0 Å². The molecule has 0 spiro atoms. The van der Waals surface area contributed by atoms with Crippen molar-refractivity contribution in [2.24, 2.45) is 0 Å². The normalized spacial score (nSPS) is 10.9. The summed E-state index contributed by atoms with van der Waals surface area (Å²) in [6, 6.07) is 0. The fourth-order valence-corrected chi connectivity index (χ4v) is 3.87. The van der Waals surface area contributed by atoms with Crippen molar-refractivity contribution in [2.45, 2.75) is 149 Å². The van der Waals surface area contributed by atoms with Crippen molar-refractivity contribution >= 4 is 0 Å². The molecule has 0 aromatic heterocycles. The Kier molecular flexibility index (Phi) is 32.0. The predicted molar refractivity (Wildman–Crippen MR) is 120 cm³/mol. The topological polar surface area (TPSA) is 16.6 Å². The van der Waals surface area contributed by atoms with Gasteiger partial charge in [0.2, 0.25) is 0 Å². The van der Waals surface area contributed by atoms with E-state index in [4.69, 9.17) is 0 Å². The van der Waals surface area contributed by atoms with E-state index in [1.807, 2.05) is 0 Å². The maximum Gasteiger partial charge on any atom is 0.0755 e. The fraction of sp³-hybridized carbons (Fsp3) is 1.00. The van der Waals surface area contributed by atoms with Gasteiger partial charge in [0.05, 0.1) is 13.1 Å². The van der Waals surface area contributed by atoms with Gasteiger partial charge in [0, 0.05) is 0 Å². The zero-order valence-electron chi connectivity index (χ0n) is 19.2. The van der Waals surface area contributed by atoms with Crippen LogP contribution in [0, 0.1) is 0 Å². The smallest absolute Gasteiger partial charge is 0.0755 e. The SMILES string of the molecule is CCCCCCCCCCCCCCCCCC[NH2+]CCCCCCC.[I-]. The third-order valence-corrected chi connectivity index (χ3v) is 5.77. The molecule has 0 unspecified atom stereocenters. The molecule has 0 fully saturated rings. The van der Waals surface area contributed by atoms with Gasteiger partial charge < -0.3 is 29.3 Å². The van der Waals surface area contributed by atoms with Gasteiger partial charge in [-0.3, -0.25) is 0 Å². The Morgan fingerprint density at radius 1 is 0.333 bits per heavy atom. The van der Waals surface area contributed by atoms with Crippen LogP contribution in [0.3, 0.4) is 0 Å². The van der Waals surface area contributed by atoms with Gasteiger partial charge in [-0.25, -0.2) is 0 Å². The van der Waals surface area contributed by atoms with Crippen molar-refractivity contribution in [2.75, 3.05) is 13.1 Å². The third-order valence-electron chi connectivity index (χ3n) is 5.77. The number of hydrogen-bond acceptors (Lipinski definition) is 0. The molecule has 27 heavy (non-hydrogen) atoms. The van der Waals surface area contributed by atoms with Crippen LogP contribution >= 0.6 is 0 Å². The molecule has 0 aromatic rings. The minimum Gasteiger partial charge on any atom is -1.00 e. The van der Waals surface area contributed by atoms with Crippen LogP contribution in [-0.2, 0) is 0 Å². The molecule has 166 valence electrons. The molecular formula is C25H54IN. The van der Waals surface area contributed by atoms with E-state index in [9.17, 15) is 0 Å². The highest BCUT2D eigenvalue weighted by Crippen LogP contribution is 2.13. The summed E-state index contributed by atoms with van der Waals surface area (Å²) in [6.45, 7) is 7.33. The summed E-state index contributed by atoms with van der Waals surface area (Å²) in [5.74, 6) is 0. The van der Waals surface area contributed by atoms with Gasteiger partial charge in [0.25, 0.3) is 0 Å². The van der Waals surface area contributed by atoms with Gasteiger partial charge in [-0.2, -0.15) is 0 Å². The lowest BCUT2D eigenvalue weighted by Crippen LogP contribution is -3.00. The highest BCUT2D eigenvalue weighted by atomic mass is 127. The molecular weight excluding hydrogens is 441 g/mol. The lowest BCUT2D eigenvalue weighted by atomic mass is 10.0. The van der Waals surface area contributed by atoms with E-state index in [0.717, 1.165) is 0 Å². The molecule has 0 saturated carbocycles. The molecule has 0 aliphatic carbocycles. The average molecular weight is 496 g/mol. The largest absolute Gasteiger partial charge is 1.00 e. The van der Waals surface area contributed by atoms with Gasteiger partial charge in [-0.1, -0.05) is 123 Å². The summed E-state index contributed by atoms with van der Waals surface area (Å²) in [5, 5.41) is 2.55. The summed E-state index contributed by atoms with van der Waals surface area (Å²) in [7, 11) is 0. The van der Waals surface area contributed by atoms with Crippen molar-refractivity contribution in [3.63, 3.8) is 0 Å². The van der Waals surface area contributed by atoms with Gasteiger partial charge >= 0.3 is 0 Å². The summed E-state index contributed by atoms with van der Waals surface area (Å²) in [5.41, 5.74) is 0. The van der Waals surface area contributed by atoms with Gasteiger partial charge in [-0.15, -0.1) is 0 Å². The Balaban J connectivity index is 0. The zero-order chi connectivity index (χ0) is 19.0. The predicted octanol–water partition coefficient (Wildman–Crippen LogP) is 4.79. The standard InChI is InChI=1S/C25H53N.HI/c1-3-5-7-9-10-11-12-13-14-15-16-17-18-19-21-23-25-26-24-22-20-8-6-4-2;/h26H,3-25H2,1-2H3;1H. The molecule has 0 saturated heterocycles. The number of hydrogen-bond donors (Lipinski definition) is 1. The fourth-order valence-electron chi connectivity index (χ4n) is 3.87.